The lowest BCUT2D eigenvalue weighted by molar-refractivity contribution is -0.146. The smallest absolute Gasteiger partial charge is 0.341 e. The average Bonchev–Trinajstić information content (AvgIpc) is 3.33. The number of aryl methyl sites for hydroxylation is 1. The molecule has 0 unspecified atom stereocenters. The molecule has 1 amide bonds. The third-order valence-electron chi connectivity index (χ3n) is 6.27. The molecule has 0 radical (unpaired) electrons. The van der Waals surface area contributed by atoms with Gasteiger partial charge in [-0.1, -0.05) is 19.1 Å². The van der Waals surface area contributed by atoms with Crippen LogP contribution >= 0.6 is 11.3 Å². The number of aliphatic carboxylic acids is 1. The normalized spacial score (nSPS) is 30.1. The molecule has 28 heavy (non-hydrogen) atoms. The van der Waals surface area contributed by atoms with Gasteiger partial charge in [0.05, 0.1) is 24.0 Å². The first kappa shape index (κ1) is 19.2. The van der Waals surface area contributed by atoms with Crippen LogP contribution in [-0.4, -0.2) is 29.6 Å². The van der Waals surface area contributed by atoms with E-state index in [1.54, 1.807) is 6.92 Å². The minimum absolute atomic E-state index is 0.0493. The van der Waals surface area contributed by atoms with Gasteiger partial charge < -0.3 is 15.2 Å². The number of hydrogen-bond acceptors (Lipinski definition) is 5. The number of hydrogen-bond donors (Lipinski definition) is 2. The summed E-state index contributed by atoms with van der Waals surface area (Å²) in [7, 11) is 0. The van der Waals surface area contributed by atoms with Crippen molar-refractivity contribution in [3.05, 3.63) is 28.2 Å². The maximum Gasteiger partial charge on any atom is 0.341 e. The number of carbonyl (C=O) groups excluding carboxylic acids is 2. The second kappa shape index (κ2) is 7.35. The molecule has 7 heteroatoms. The van der Waals surface area contributed by atoms with Gasteiger partial charge in [-0.25, -0.2) is 4.79 Å². The van der Waals surface area contributed by atoms with Gasteiger partial charge in [0.1, 0.15) is 5.00 Å². The Bertz CT molecular complexity index is 857. The van der Waals surface area contributed by atoms with Gasteiger partial charge >= 0.3 is 11.9 Å². The van der Waals surface area contributed by atoms with Crippen LogP contribution in [0.25, 0.3) is 0 Å². The van der Waals surface area contributed by atoms with E-state index in [1.807, 2.05) is 12.2 Å². The van der Waals surface area contributed by atoms with E-state index in [9.17, 15) is 19.5 Å². The molecular weight excluding hydrogens is 378 g/mol. The molecular formula is C21H25NO5S. The van der Waals surface area contributed by atoms with Gasteiger partial charge in [-0.3, -0.25) is 9.59 Å². The van der Waals surface area contributed by atoms with E-state index < -0.39 is 23.8 Å². The van der Waals surface area contributed by atoms with Crippen LogP contribution in [0.4, 0.5) is 5.00 Å². The molecule has 2 bridgehead atoms. The molecule has 0 aromatic carbocycles. The molecule has 1 aromatic heterocycles. The summed E-state index contributed by atoms with van der Waals surface area (Å²) in [5, 5.41) is 13.0. The van der Waals surface area contributed by atoms with E-state index >= 15 is 0 Å². The van der Waals surface area contributed by atoms with Crippen LogP contribution in [0.1, 0.15) is 47.5 Å². The maximum atomic E-state index is 13.1. The summed E-state index contributed by atoms with van der Waals surface area (Å²) in [6.07, 6.45) is 7.33. The second-order valence-corrected chi connectivity index (χ2v) is 9.21. The van der Waals surface area contributed by atoms with Gasteiger partial charge in [-0.05, 0) is 55.9 Å². The molecule has 0 spiro atoms. The lowest BCUT2D eigenvalue weighted by atomic mass is 9.82. The molecule has 1 aromatic rings. The van der Waals surface area contributed by atoms with Crippen molar-refractivity contribution < 1.29 is 24.2 Å². The summed E-state index contributed by atoms with van der Waals surface area (Å²) in [5.41, 5.74) is 1.45. The maximum absolute atomic E-state index is 13.1. The first-order valence-corrected chi connectivity index (χ1v) is 10.8. The van der Waals surface area contributed by atoms with Gasteiger partial charge in [-0.15, -0.1) is 11.3 Å². The number of amides is 1. The highest BCUT2D eigenvalue weighted by Crippen LogP contribution is 2.49. The highest BCUT2D eigenvalue weighted by Gasteiger charge is 2.51. The molecule has 1 fully saturated rings. The molecule has 6 nitrogen and oxygen atoms in total. The number of carboxylic acid groups (broad SMARTS) is 1. The van der Waals surface area contributed by atoms with Crippen LogP contribution in [0.15, 0.2) is 12.2 Å². The number of nitrogens with one attached hydrogen (secondary N) is 1. The van der Waals surface area contributed by atoms with E-state index in [2.05, 4.69) is 12.2 Å². The Morgan fingerprint density at radius 2 is 1.96 bits per heavy atom. The Labute approximate surface area is 168 Å². The summed E-state index contributed by atoms with van der Waals surface area (Å²) < 4.78 is 5.26. The molecule has 150 valence electrons. The largest absolute Gasteiger partial charge is 0.481 e. The quantitative estimate of drug-likeness (QED) is 0.580. The molecule has 0 aliphatic heterocycles. The zero-order chi connectivity index (χ0) is 20.0. The lowest BCUT2D eigenvalue weighted by Crippen LogP contribution is -2.36. The van der Waals surface area contributed by atoms with Crippen LogP contribution in [0.2, 0.25) is 0 Å². The van der Waals surface area contributed by atoms with Crippen molar-refractivity contribution in [2.24, 2.45) is 29.6 Å². The number of carboxylic acids is 1. The van der Waals surface area contributed by atoms with E-state index in [4.69, 9.17) is 4.74 Å². The van der Waals surface area contributed by atoms with Crippen LogP contribution in [0, 0.1) is 29.6 Å². The standard InChI is InChI=1S/C21H25NO5S/c1-3-27-21(26)17-13-8-10(2)4-7-14(13)28-19(17)22-18(23)15-11-5-6-12(9-11)16(15)20(24)25/h5-6,10-12,15-16H,3-4,7-9H2,1-2H3,(H,22,23)(H,24,25)/t10-,11-,12-,15+,16+/m0/s1. The SMILES string of the molecule is CCOC(=O)c1c(NC(=O)[C@H]2[C@H](C(=O)O)[C@H]3C=C[C@H]2C3)sc2c1C[C@@H](C)CC2. The summed E-state index contributed by atoms with van der Waals surface area (Å²) in [6.45, 7) is 4.19. The number of ether oxygens (including phenoxy) is 1. The third kappa shape index (κ3) is 3.15. The van der Waals surface area contributed by atoms with Crippen molar-refractivity contribution in [1.82, 2.24) is 0 Å². The second-order valence-electron chi connectivity index (χ2n) is 8.10. The van der Waals surface area contributed by atoms with Crippen molar-refractivity contribution in [3.63, 3.8) is 0 Å². The monoisotopic (exact) mass is 403 g/mol. The van der Waals surface area contributed by atoms with Gasteiger partial charge in [0.2, 0.25) is 5.91 Å². The molecule has 5 atom stereocenters. The predicted octanol–water partition coefficient (Wildman–Crippen LogP) is 3.51. The fraction of sp³-hybridized carbons (Fsp3) is 0.571. The van der Waals surface area contributed by atoms with Crippen molar-refractivity contribution in [2.45, 2.75) is 39.5 Å². The number of allylic oxidation sites excluding steroid dienone is 2. The number of rotatable bonds is 5. The Hall–Kier alpha value is -2.15. The summed E-state index contributed by atoms with van der Waals surface area (Å²) >= 11 is 1.44. The number of carbonyl (C=O) groups is 3. The molecule has 2 N–H and O–H groups in total. The van der Waals surface area contributed by atoms with Gasteiger partial charge in [0, 0.05) is 4.88 Å². The van der Waals surface area contributed by atoms with Crippen LogP contribution in [-0.2, 0) is 27.2 Å². The van der Waals surface area contributed by atoms with Crippen molar-refractivity contribution >= 4 is 34.2 Å². The van der Waals surface area contributed by atoms with Crippen LogP contribution in [0.3, 0.4) is 0 Å². The lowest BCUT2D eigenvalue weighted by Gasteiger charge is -2.23. The number of fused-ring (bicyclic) bond motifs is 3. The number of thiophene rings is 1. The Balaban J connectivity index is 1.64. The highest BCUT2D eigenvalue weighted by molar-refractivity contribution is 7.17. The molecule has 1 heterocycles. The van der Waals surface area contributed by atoms with Gasteiger partial charge in [0.25, 0.3) is 0 Å². The zero-order valence-electron chi connectivity index (χ0n) is 16.1. The summed E-state index contributed by atoms with van der Waals surface area (Å²) in [5.74, 6) is -2.59. The van der Waals surface area contributed by atoms with E-state index in [-0.39, 0.29) is 24.3 Å². The minimum Gasteiger partial charge on any atom is -0.481 e. The fourth-order valence-corrected chi connectivity index (χ4v) is 6.21. The van der Waals surface area contributed by atoms with Crippen molar-refractivity contribution in [2.75, 3.05) is 11.9 Å². The average molecular weight is 404 g/mol. The summed E-state index contributed by atoms with van der Waals surface area (Å²) in [6, 6.07) is 0. The number of esters is 1. The third-order valence-corrected chi connectivity index (χ3v) is 7.48. The molecule has 3 aliphatic rings. The first-order chi connectivity index (χ1) is 13.4. The molecule has 0 saturated heterocycles. The summed E-state index contributed by atoms with van der Waals surface area (Å²) in [4.78, 5) is 38.6. The first-order valence-electron chi connectivity index (χ1n) is 9.94. The van der Waals surface area contributed by atoms with E-state index in [0.29, 0.717) is 22.9 Å². The van der Waals surface area contributed by atoms with Crippen molar-refractivity contribution in [1.29, 1.82) is 0 Å². The van der Waals surface area contributed by atoms with Crippen LogP contribution in [0.5, 0.6) is 0 Å². The Morgan fingerprint density at radius 1 is 1.25 bits per heavy atom. The fourth-order valence-electron chi connectivity index (χ4n) is 4.98. The van der Waals surface area contributed by atoms with E-state index in [0.717, 1.165) is 29.7 Å². The number of anilines is 1. The van der Waals surface area contributed by atoms with Crippen LogP contribution < -0.4 is 5.32 Å². The zero-order valence-corrected chi connectivity index (χ0v) is 16.9. The molecule has 3 aliphatic carbocycles. The minimum atomic E-state index is -0.929. The van der Waals surface area contributed by atoms with Gasteiger partial charge in [0.15, 0.2) is 0 Å². The topological polar surface area (TPSA) is 92.7 Å². The van der Waals surface area contributed by atoms with E-state index in [1.165, 1.54) is 11.3 Å². The Kier molecular flexibility index (Phi) is 5.04. The molecule has 4 rings (SSSR count). The predicted molar refractivity (Wildman–Crippen MR) is 105 cm³/mol. The van der Waals surface area contributed by atoms with Gasteiger partial charge in [-0.2, -0.15) is 0 Å². The Morgan fingerprint density at radius 3 is 2.64 bits per heavy atom. The van der Waals surface area contributed by atoms with Crippen molar-refractivity contribution in [3.8, 4) is 0 Å². The molecule has 1 saturated carbocycles. The highest BCUT2D eigenvalue weighted by atomic mass is 32.1.